The summed E-state index contributed by atoms with van der Waals surface area (Å²) < 4.78 is 10.4. The fraction of sp³-hybridized carbons (Fsp3) is 0.500. The van der Waals surface area contributed by atoms with Gasteiger partial charge in [-0.1, -0.05) is 6.07 Å². The molecular formula is C16H20N2O3. The maximum absolute atomic E-state index is 12.6. The third-order valence-electron chi connectivity index (χ3n) is 3.90. The Kier molecular flexibility index (Phi) is 5.18. The lowest BCUT2D eigenvalue weighted by atomic mass is 9.83. The molecule has 1 saturated heterocycles. The van der Waals surface area contributed by atoms with Crippen molar-refractivity contribution in [1.29, 1.82) is 5.26 Å². The van der Waals surface area contributed by atoms with Crippen molar-refractivity contribution in [2.24, 2.45) is 5.92 Å². The Labute approximate surface area is 124 Å². The van der Waals surface area contributed by atoms with Crippen LogP contribution >= 0.6 is 0 Å². The lowest BCUT2D eigenvalue weighted by Gasteiger charge is -2.23. The number of nitriles is 1. The van der Waals surface area contributed by atoms with Crippen LogP contribution in [0.5, 0.6) is 11.5 Å². The van der Waals surface area contributed by atoms with E-state index in [0.717, 1.165) is 25.9 Å². The Morgan fingerprint density at radius 2 is 1.95 bits per heavy atom. The normalized spacial score (nSPS) is 16.8. The quantitative estimate of drug-likeness (QED) is 0.895. The van der Waals surface area contributed by atoms with E-state index < -0.39 is 5.92 Å². The van der Waals surface area contributed by atoms with Gasteiger partial charge in [0.1, 0.15) is 5.92 Å². The number of carbonyl (C=O) groups is 1. The van der Waals surface area contributed by atoms with E-state index in [0.29, 0.717) is 17.1 Å². The second-order valence-electron chi connectivity index (χ2n) is 5.10. The molecule has 1 aliphatic heterocycles. The smallest absolute Gasteiger partial charge is 0.161 e. The topological polar surface area (TPSA) is 71.3 Å². The highest BCUT2D eigenvalue weighted by atomic mass is 16.5. The molecule has 1 aromatic carbocycles. The minimum Gasteiger partial charge on any atom is -0.493 e. The summed E-state index contributed by atoms with van der Waals surface area (Å²) in [4.78, 5) is 12.6. The highest BCUT2D eigenvalue weighted by molar-refractivity contribution is 5.90. The Bertz CT molecular complexity index is 545. The van der Waals surface area contributed by atoms with Gasteiger partial charge in [-0.2, -0.15) is 5.26 Å². The molecule has 1 atom stereocenters. The van der Waals surface area contributed by atoms with Crippen LogP contribution in [0.25, 0.3) is 0 Å². The maximum atomic E-state index is 12.6. The summed E-state index contributed by atoms with van der Waals surface area (Å²) in [7, 11) is 3.09. The fourth-order valence-corrected chi connectivity index (χ4v) is 2.68. The van der Waals surface area contributed by atoms with Crippen LogP contribution in [0.4, 0.5) is 0 Å². The van der Waals surface area contributed by atoms with Crippen molar-refractivity contribution in [3.63, 3.8) is 0 Å². The number of hydrogen-bond donors (Lipinski definition) is 1. The molecule has 1 aliphatic rings. The van der Waals surface area contributed by atoms with Gasteiger partial charge < -0.3 is 14.8 Å². The lowest BCUT2D eigenvalue weighted by Crippen LogP contribution is -2.33. The van der Waals surface area contributed by atoms with Gasteiger partial charge in [-0.3, -0.25) is 4.79 Å². The van der Waals surface area contributed by atoms with Gasteiger partial charge in [0.2, 0.25) is 0 Å². The van der Waals surface area contributed by atoms with Crippen LogP contribution < -0.4 is 14.8 Å². The summed E-state index contributed by atoms with van der Waals surface area (Å²) in [6.45, 7) is 1.67. The monoisotopic (exact) mass is 288 g/mol. The summed E-state index contributed by atoms with van der Waals surface area (Å²) in [6, 6.07) is 7.34. The van der Waals surface area contributed by atoms with E-state index in [1.807, 2.05) is 0 Å². The summed E-state index contributed by atoms with van der Waals surface area (Å²) in [6.07, 6.45) is 1.59. The Morgan fingerprint density at radius 1 is 1.29 bits per heavy atom. The number of Topliss-reactive ketones (excluding diaryl/α,β-unsaturated/α-hetero) is 1. The van der Waals surface area contributed by atoms with Gasteiger partial charge in [0.05, 0.1) is 20.3 Å². The van der Waals surface area contributed by atoms with Crippen molar-refractivity contribution in [3.8, 4) is 17.6 Å². The molecule has 0 aliphatic carbocycles. The van der Waals surface area contributed by atoms with Gasteiger partial charge in [-0.05, 0) is 43.6 Å². The van der Waals surface area contributed by atoms with Crippen LogP contribution in [-0.2, 0) is 4.79 Å². The molecule has 5 nitrogen and oxygen atoms in total. The second-order valence-corrected chi connectivity index (χ2v) is 5.10. The molecule has 112 valence electrons. The van der Waals surface area contributed by atoms with E-state index in [2.05, 4.69) is 11.4 Å². The maximum Gasteiger partial charge on any atom is 0.161 e. The molecule has 5 heteroatoms. The molecule has 1 aromatic rings. The van der Waals surface area contributed by atoms with Gasteiger partial charge in [0.25, 0.3) is 0 Å². The summed E-state index contributed by atoms with van der Waals surface area (Å²) in [5.74, 6) is 0.351. The number of piperidine rings is 1. The van der Waals surface area contributed by atoms with Crippen molar-refractivity contribution in [3.05, 3.63) is 23.8 Å². The van der Waals surface area contributed by atoms with Gasteiger partial charge in [0.15, 0.2) is 17.3 Å². The van der Waals surface area contributed by atoms with Crippen LogP contribution in [0.2, 0.25) is 0 Å². The average molecular weight is 288 g/mol. The molecule has 0 aromatic heterocycles. The Balaban J connectivity index is 2.24. The second kappa shape index (κ2) is 7.09. The molecule has 21 heavy (non-hydrogen) atoms. The average Bonchev–Trinajstić information content (AvgIpc) is 2.56. The number of carbonyl (C=O) groups excluding carboxylic acids is 1. The van der Waals surface area contributed by atoms with E-state index in [9.17, 15) is 10.1 Å². The van der Waals surface area contributed by atoms with E-state index >= 15 is 0 Å². The highest BCUT2D eigenvalue weighted by Crippen LogP contribution is 2.32. The van der Waals surface area contributed by atoms with E-state index in [1.165, 1.54) is 7.11 Å². The molecule has 1 unspecified atom stereocenters. The number of ketones is 1. The first kappa shape index (κ1) is 15.3. The fourth-order valence-electron chi connectivity index (χ4n) is 2.68. The summed E-state index contributed by atoms with van der Waals surface area (Å²) in [5, 5.41) is 12.6. The van der Waals surface area contributed by atoms with E-state index in [4.69, 9.17) is 9.47 Å². The third kappa shape index (κ3) is 3.34. The molecule has 0 radical (unpaired) electrons. The van der Waals surface area contributed by atoms with Crippen LogP contribution in [0.1, 0.15) is 24.3 Å². The number of nitrogens with zero attached hydrogens (tertiary/aromatic N) is 1. The van der Waals surface area contributed by atoms with Crippen molar-refractivity contribution in [2.45, 2.75) is 18.8 Å². The predicted octanol–water partition coefficient (Wildman–Crippen LogP) is 1.88. The van der Waals surface area contributed by atoms with Gasteiger partial charge >= 0.3 is 0 Å². The summed E-state index contributed by atoms with van der Waals surface area (Å²) >= 11 is 0. The minimum absolute atomic E-state index is 0.00576. The SMILES string of the molecule is COc1ccc(C(C#N)C(=O)C2CCNCC2)cc1OC. The van der Waals surface area contributed by atoms with E-state index in [-0.39, 0.29) is 11.7 Å². The number of benzene rings is 1. The zero-order chi connectivity index (χ0) is 15.2. The third-order valence-corrected chi connectivity index (χ3v) is 3.90. The number of methoxy groups -OCH3 is 2. The van der Waals surface area contributed by atoms with Crippen molar-refractivity contribution in [1.82, 2.24) is 5.32 Å². The predicted molar refractivity (Wildman–Crippen MR) is 78.5 cm³/mol. The standard InChI is InChI=1S/C16H20N2O3/c1-20-14-4-3-12(9-15(14)21-2)13(10-17)16(19)11-5-7-18-8-6-11/h3-4,9,11,13,18H,5-8H2,1-2H3. The highest BCUT2D eigenvalue weighted by Gasteiger charge is 2.29. The number of hydrogen-bond acceptors (Lipinski definition) is 5. The number of nitrogens with one attached hydrogen (secondary N) is 1. The molecule has 1 fully saturated rings. The zero-order valence-electron chi connectivity index (χ0n) is 12.4. The Hall–Kier alpha value is -2.06. The number of ether oxygens (including phenoxy) is 2. The first-order chi connectivity index (χ1) is 10.2. The molecule has 0 bridgehead atoms. The largest absolute Gasteiger partial charge is 0.493 e. The number of rotatable bonds is 5. The van der Waals surface area contributed by atoms with Crippen molar-refractivity contribution < 1.29 is 14.3 Å². The molecule has 1 heterocycles. The van der Waals surface area contributed by atoms with Crippen LogP contribution in [-0.4, -0.2) is 33.1 Å². The van der Waals surface area contributed by atoms with Crippen molar-refractivity contribution in [2.75, 3.05) is 27.3 Å². The van der Waals surface area contributed by atoms with Gasteiger partial charge in [0, 0.05) is 5.92 Å². The zero-order valence-corrected chi connectivity index (χ0v) is 12.4. The summed E-state index contributed by atoms with van der Waals surface area (Å²) in [5.41, 5.74) is 0.665. The van der Waals surface area contributed by atoms with Crippen LogP contribution in [0, 0.1) is 17.2 Å². The molecule has 2 rings (SSSR count). The van der Waals surface area contributed by atoms with E-state index in [1.54, 1.807) is 25.3 Å². The van der Waals surface area contributed by atoms with Gasteiger partial charge in [-0.15, -0.1) is 0 Å². The Morgan fingerprint density at radius 3 is 2.52 bits per heavy atom. The van der Waals surface area contributed by atoms with Crippen LogP contribution in [0.15, 0.2) is 18.2 Å². The lowest BCUT2D eigenvalue weighted by molar-refractivity contribution is -0.123. The minimum atomic E-state index is -0.743. The van der Waals surface area contributed by atoms with Gasteiger partial charge in [-0.25, -0.2) is 0 Å². The van der Waals surface area contributed by atoms with Crippen molar-refractivity contribution >= 4 is 5.78 Å². The molecule has 0 spiro atoms. The first-order valence-electron chi connectivity index (χ1n) is 7.07. The first-order valence-corrected chi connectivity index (χ1v) is 7.07. The molecule has 0 saturated carbocycles. The van der Waals surface area contributed by atoms with Crippen LogP contribution in [0.3, 0.4) is 0 Å². The molecule has 0 amide bonds. The molecule has 1 N–H and O–H groups in total. The molecular weight excluding hydrogens is 268 g/mol.